The second-order valence-electron chi connectivity index (χ2n) is 9.99. The van der Waals surface area contributed by atoms with E-state index >= 15 is 0 Å². The first-order valence-electron chi connectivity index (χ1n) is 12.6. The standard InChI is InChI=1S/C30H35N3O4/c1-21-18-33(22(2)17-32(21)19-23-9-5-4-6-10-23)29(25-12-8-14-27(34)16-25)24-11-7-13-26(15-24)30(37)31(3)20-28(35)36/h4-16,21-22,29,34H,17-20H2,1-3H3,(H,35,36)/t21-,22-,29?/m1/s1. The van der Waals surface area contributed by atoms with Crippen molar-refractivity contribution in [3.63, 3.8) is 0 Å². The Morgan fingerprint density at radius 2 is 1.59 bits per heavy atom. The van der Waals surface area contributed by atoms with Crippen molar-refractivity contribution < 1.29 is 19.8 Å². The van der Waals surface area contributed by atoms with Crippen LogP contribution in [0.25, 0.3) is 0 Å². The molecule has 37 heavy (non-hydrogen) atoms. The Hall–Kier alpha value is -3.68. The molecule has 0 spiro atoms. The maximum atomic E-state index is 13.0. The van der Waals surface area contributed by atoms with Crippen LogP contribution in [0.15, 0.2) is 78.9 Å². The molecule has 1 fully saturated rings. The van der Waals surface area contributed by atoms with Gasteiger partial charge in [0.1, 0.15) is 12.3 Å². The van der Waals surface area contributed by atoms with E-state index < -0.39 is 5.97 Å². The molecule has 3 aromatic rings. The van der Waals surface area contributed by atoms with E-state index in [-0.39, 0.29) is 30.3 Å². The fourth-order valence-electron chi connectivity index (χ4n) is 5.23. The second kappa shape index (κ2) is 11.6. The van der Waals surface area contributed by atoms with Crippen molar-refractivity contribution in [3.05, 3.63) is 101 Å². The third kappa shape index (κ3) is 6.37. The van der Waals surface area contributed by atoms with Gasteiger partial charge in [-0.05, 0) is 54.8 Å². The molecule has 0 aliphatic carbocycles. The lowest BCUT2D eigenvalue weighted by atomic mass is 9.92. The molecule has 0 radical (unpaired) electrons. The average molecular weight is 502 g/mol. The largest absolute Gasteiger partial charge is 0.508 e. The molecule has 2 N–H and O–H groups in total. The van der Waals surface area contributed by atoms with Gasteiger partial charge in [-0.3, -0.25) is 19.4 Å². The molecule has 7 nitrogen and oxygen atoms in total. The maximum Gasteiger partial charge on any atom is 0.323 e. The number of phenolic OH excluding ortho intramolecular Hbond substituents is 1. The van der Waals surface area contributed by atoms with Crippen LogP contribution in [0.3, 0.4) is 0 Å². The molecule has 3 atom stereocenters. The van der Waals surface area contributed by atoms with Gasteiger partial charge >= 0.3 is 5.97 Å². The lowest BCUT2D eigenvalue weighted by Gasteiger charge is -2.47. The molecule has 1 heterocycles. The van der Waals surface area contributed by atoms with Crippen molar-refractivity contribution in [3.8, 4) is 5.75 Å². The minimum atomic E-state index is -1.05. The molecule has 0 bridgehead atoms. The van der Waals surface area contributed by atoms with Crippen molar-refractivity contribution in [1.82, 2.24) is 14.7 Å². The van der Waals surface area contributed by atoms with Crippen LogP contribution in [0.5, 0.6) is 5.75 Å². The second-order valence-corrected chi connectivity index (χ2v) is 9.99. The van der Waals surface area contributed by atoms with E-state index in [4.69, 9.17) is 5.11 Å². The summed E-state index contributed by atoms with van der Waals surface area (Å²) in [4.78, 5) is 30.2. The zero-order valence-electron chi connectivity index (χ0n) is 21.6. The van der Waals surface area contributed by atoms with Crippen molar-refractivity contribution >= 4 is 11.9 Å². The van der Waals surface area contributed by atoms with Gasteiger partial charge in [0.25, 0.3) is 5.91 Å². The predicted octanol–water partition coefficient (Wildman–Crippen LogP) is 4.23. The number of hydrogen-bond donors (Lipinski definition) is 2. The number of hydrogen-bond acceptors (Lipinski definition) is 5. The third-order valence-corrected chi connectivity index (χ3v) is 7.08. The first-order valence-corrected chi connectivity index (χ1v) is 12.6. The molecule has 194 valence electrons. The summed E-state index contributed by atoms with van der Waals surface area (Å²) in [5.41, 5.74) is 3.60. The summed E-state index contributed by atoms with van der Waals surface area (Å²) >= 11 is 0. The summed E-state index contributed by atoms with van der Waals surface area (Å²) in [7, 11) is 1.49. The van der Waals surface area contributed by atoms with Crippen LogP contribution in [-0.4, -0.2) is 75.6 Å². The van der Waals surface area contributed by atoms with E-state index in [1.165, 1.54) is 17.5 Å². The number of carboxylic acid groups (broad SMARTS) is 1. The van der Waals surface area contributed by atoms with Crippen molar-refractivity contribution in [2.75, 3.05) is 26.7 Å². The number of piperazine rings is 1. The predicted molar refractivity (Wildman–Crippen MR) is 143 cm³/mol. The molecular weight excluding hydrogens is 466 g/mol. The van der Waals surface area contributed by atoms with Crippen LogP contribution >= 0.6 is 0 Å². The van der Waals surface area contributed by atoms with E-state index in [2.05, 4.69) is 47.9 Å². The Morgan fingerprint density at radius 3 is 2.27 bits per heavy atom. The van der Waals surface area contributed by atoms with Gasteiger partial charge in [0.2, 0.25) is 0 Å². The zero-order chi connectivity index (χ0) is 26.5. The molecule has 3 aromatic carbocycles. The minimum absolute atomic E-state index is 0.180. The van der Waals surface area contributed by atoms with Crippen LogP contribution in [-0.2, 0) is 11.3 Å². The van der Waals surface area contributed by atoms with Crippen molar-refractivity contribution in [2.45, 2.75) is 38.5 Å². The summed E-state index contributed by atoms with van der Waals surface area (Å²) in [5, 5.41) is 19.4. The molecule has 1 aliphatic heterocycles. The summed E-state index contributed by atoms with van der Waals surface area (Å²) in [6, 6.07) is 25.5. The number of rotatable bonds is 8. The summed E-state index contributed by atoms with van der Waals surface area (Å²) in [5.74, 6) is -1.20. The highest BCUT2D eigenvalue weighted by Crippen LogP contribution is 2.35. The zero-order valence-corrected chi connectivity index (χ0v) is 21.6. The van der Waals surface area contributed by atoms with E-state index in [0.29, 0.717) is 11.6 Å². The topological polar surface area (TPSA) is 84.3 Å². The number of amides is 1. The Morgan fingerprint density at radius 1 is 0.919 bits per heavy atom. The van der Waals surface area contributed by atoms with Gasteiger partial charge in [0, 0.05) is 44.3 Å². The third-order valence-electron chi connectivity index (χ3n) is 7.08. The minimum Gasteiger partial charge on any atom is -0.508 e. The van der Waals surface area contributed by atoms with Crippen molar-refractivity contribution in [2.24, 2.45) is 0 Å². The van der Waals surface area contributed by atoms with Crippen LogP contribution < -0.4 is 0 Å². The Kier molecular flexibility index (Phi) is 8.26. The fourth-order valence-corrected chi connectivity index (χ4v) is 5.23. The number of carbonyl (C=O) groups excluding carboxylic acids is 1. The average Bonchev–Trinajstić information content (AvgIpc) is 2.87. The van der Waals surface area contributed by atoms with Gasteiger partial charge in [0.15, 0.2) is 0 Å². The first-order chi connectivity index (χ1) is 17.7. The number of aromatic hydroxyl groups is 1. The van der Waals surface area contributed by atoms with Gasteiger partial charge in [-0.25, -0.2) is 0 Å². The van der Waals surface area contributed by atoms with Crippen LogP contribution in [0.1, 0.15) is 46.9 Å². The molecular formula is C30H35N3O4. The summed E-state index contributed by atoms with van der Waals surface area (Å²) in [6.07, 6.45) is 0. The number of likely N-dealkylation sites (N-methyl/N-ethyl adjacent to an activating group) is 1. The number of phenols is 1. The van der Waals surface area contributed by atoms with E-state index in [9.17, 15) is 14.7 Å². The molecule has 1 aliphatic rings. The van der Waals surface area contributed by atoms with Crippen molar-refractivity contribution in [1.29, 1.82) is 0 Å². The molecule has 4 rings (SSSR count). The first kappa shape index (κ1) is 26.4. The number of carboxylic acids is 1. The number of benzene rings is 3. The quantitative estimate of drug-likeness (QED) is 0.481. The molecule has 7 heteroatoms. The fraction of sp³-hybridized carbons (Fsp3) is 0.333. The van der Waals surface area contributed by atoms with Gasteiger partial charge in [-0.1, -0.05) is 54.6 Å². The van der Waals surface area contributed by atoms with E-state index in [0.717, 1.165) is 30.8 Å². The van der Waals surface area contributed by atoms with Gasteiger partial charge in [-0.15, -0.1) is 0 Å². The number of nitrogens with zero attached hydrogens (tertiary/aromatic N) is 3. The smallest absolute Gasteiger partial charge is 0.323 e. The molecule has 1 unspecified atom stereocenters. The molecule has 1 amide bonds. The Balaban J connectivity index is 1.65. The van der Waals surface area contributed by atoms with Crippen LogP contribution in [0.4, 0.5) is 0 Å². The number of aliphatic carboxylic acids is 1. The van der Waals surface area contributed by atoms with E-state index in [1.54, 1.807) is 18.2 Å². The molecule has 1 saturated heterocycles. The highest BCUT2D eigenvalue weighted by molar-refractivity contribution is 5.95. The van der Waals surface area contributed by atoms with Crippen LogP contribution in [0.2, 0.25) is 0 Å². The molecule has 0 aromatic heterocycles. The summed E-state index contributed by atoms with van der Waals surface area (Å²) in [6.45, 7) is 6.67. The highest BCUT2D eigenvalue weighted by Gasteiger charge is 2.35. The Labute approximate surface area is 218 Å². The lowest BCUT2D eigenvalue weighted by molar-refractivity contribution is -0.137. The van der Waals surface area contributed by atoms with E-state index in [1.807, 2.05) is 36.4 Å². The normalized spacial score (nSPS) is 19.3. The molecule has 0 saturated carbocycles. The van der Waals surface area contributed by atoms with Gasteiger partial charge in [-0.2, -0.15) is 0 Å². The van der Waals surface area contributed by atoms with Gasteiger partial charge in [0.05, 0.1) is 6.04 Å². The lowest BCUT2D eigenvalue weighted by Crippen LogP contribution is -2.56. The Bertz CT molecular complexity index is 1230. The van der Waals surface area contributed by atoms with Gasteiger partial charge < -0.3 is 15.1 Å². The van der Waals surface area contributed by atoms with Crippen LogP contribution in [0, 0.1) is 0 Å². The number of carbonyl (C=O) groups is 2. The summed E-state index contributed by atoms with van der Waals surface area (Å²) < 4.78 is 0. The monoisotopic (exact) mass is 501 g/mol. The highest BCUT2D eigenvalue weighted by atomic mass is 16.4. The maximum absolute atomic E-state index is 13.0. The SMILES string of the molecule is C[C@@H]1CN(C(c2cccc(O)c2)c2cccc(C(=O)N(C)CC(=O)O)c2)[C@H](C)CN1Cc1ccccc1.